The molecule has 2 rings (SSSR count). The van der Waals surface area contributed by atoms with Crippen LogP contribution < -0.4 is 10.1 Å². The average Bonchev–Trinajstić information content (AvgIpc) is 2.16. The zero-order valence-electron chi connectivity index (χ0n) is 7.78. The Bertz CT molecular complexity index is 376. The molecule has 1 aliphatic heterocycles. The molecule has 0 aliphatic carbocycles. The molecule has 1 aromatic rings. The van der Waals surface area contributed by atoms with Gasteiger partial charge in [0.1, 0.15) is 5.75 Å². The van der Waals surface area contributed by atoms with Crippen LogP contribution in [0.3, 0.4) is 0 Å². The molecule has 0 saturated heterocycles. The number of ether oxygens (including phenoxy) is 1. The molecule has 1 heterocycles. The zero-order valence-corrected chi connectivity index (χ0v) is 7.78. The number of hydrogen-bond acceptors (Lipinski definition) is 3. The van der Waals surface area contributed by atoms with Gasteiger partial charge in [0.25, 0.3) is 0 Å². The first-order valence-corrected chi connectivity index (χ1v) is 4.35. The van der Waals surface area contributed by atoms with E-state index in [1.807, 2.05) is 0 Å². The standard InChI is InChI=1S/C10H11NO3/c1-14-7-2-3-8-6(4-7)5-9(12)11-10(8)13/h2-4,10,13H,5H2,1H3,(H,11,12). The summed E-state index contributed by atoms with van der Waals surface area (Å²) in [6.45, 7) is 0. The normalized spacial score (nSPS) is 19.9. The number of rotatable bonds is 1. The quantitative estimate of drug-likeness (QED) is 0.677. The van der Waals surface area contributed by atoms with Crippen LogP contribution in [0.5, 0.6) is 5.75 Å². The minimum absolute atomic E-state index is 0.168. The number of methoxy groups -OCH3 is 1. The Balaban J connectivity index is 2.43. The Morgan fingerprint density at radius 3 is 3.07 bits per heavy atom. The van der Waals surface area contributed by atoms with Crippen molar-refractivity contribution in [3.05, 3.63) is 29.3 Å². The molecule has 1 atom stereocenters. The van der Waals surface area contributed by atoms with Gasteiger partial charge >= 0.3 is 0 Å². The fourth-order valence-electron chi connectivity index (χ4n) is 1.58. The van der Waals surface area contributed by atoms with E-state index in [0.29, 0.717) is 12.2 Å². The van der Waals surface area contributed by atoms with Crippen LogP contribution in [0.25, 0.3) is 0 Å². The monoisotopic (exact) mass is 193 g/mol. The summed E-state index contributed by atoms with van der Waals surface area (Å²) < 4.78 is 5.04. The van der Waals surface area contributed by atoms with Crippen LogP contribution in [0, 0.1) is 0 Å². The van der Waals surface area contributed by atoms with Crippen LogP contribution in [0.2, 0.25) is 0 Å². The topological polar surface area (TPSA) is 58.6 Å². The van der Waals surface area contributed by atoms with Crippen LogP contribution in [0.15, 0.2) is 18.2 Å². The van der Waals surface area contributed by atoms with Gasteiger partial charge in [0.2, 0.25) is 5.91 Å². The molecular formula is C10H11NO3. The van der Waals surface area contributed by atoms with Crippen LogP contribution in [-0.2, 0) is 11.2 Å². The number of nitrogens with one attached hydrogen (secondary N) is 1. The molecule has 0 fully saturated rings. The molecule has 14 heavy (non-hydrogen) atoms. The minimum Gasteiger partial charge on any atom is -0.497 e. The number of aliphatic hydroxyl groups excluding tert-OH is 1. The van der Waals surface area contributed by atoms with Crippen LogP contribution in [0.1, 0.15) is 17.4 Å². The summed E-state index contributed by atoms with van der Waals surface area (Å²) in [5, 5.41) is 12.0. The molecule has 1 aromatic carbocycles. The van der Waals surface area contributed by atoms with E-state index in [-0.39, 0.29) is 5.91 Å². The smallest absolute Gasteiger partial charge is 0.226 e. The van der Waals surface area contributed by atoms with Gasteiger partial charge in [0.15, 0.2) is 6.23 Å². The maximum absolute atomic E-state index is 11.1. The first-order chi connectivity index (χ1) is 6.70. The number of carbonyl (C=O) groups excluding carboxylic acids is 1. The summed E-state index contributed by atoms with van der Waals surface area (Å²) in [6, 6.07) is 5.30. The Kier molecular flexibility index (Phi) is 2.13. The molecule has 1 unspecified atom stereocenters. The highest BCUT2D eigenvalue weighted by Crippen LogP contribution is 2.25. The number of carbonyl (C=O) groups is 1. The van der Waals surface area contributed by atoms with Crippen molar-refractivity contribution in [1.29, 1.82) is 0 Å². The third kappa shape index (κ3) is 1.44. The van der Waals surface area contributed by atoms with Crippen molar-refractivity contribution in [2.24, 2.45) is 0 Å². The number of amides is 1. The Morgan fingerprint density at radius 1 is 1.57 bits per heavy atom. The second-order valence-corrected chi connectivity index (χ2v) is 3.21. The van der Waals surface area contributed by atoms with Crippen molar-refractivity contribution in [2.75, 3.05) is 7.11 Å². The molecular weight excluding hydrogens is 182 g/mol. The molecule has 0 aromatic heterocycles. The highest BCUT2D eigenvalue weighted by Gasteiger charge is 2.22. The van der Waals surface area contributed by atoms with Crippen LogP contribution in [-0.4, -0.2) is 18.1 Å². The van der Waals surface area contributed by atoms with E-state index in [1.54, 1.807) is 25.3 Å². The van der Waals surface area contributed by atoms with E-state index in [4.69, 9.17) is 4.74 Å². The lowest BCUT2D eigenvalue weighted by atomic mass is 9.99. The van der Waals surface area contributed by atoms with E-state index in [1.165, 1.54) is 0 Å². The SMILES string of the molecule is COc1ccc2c(c1)CC(=O)NC2O. The molecule has 2 N–H and O–H groups in total. The number of fused-ring (bicyclic) bond motifs is 1. The maximum atomic E-state index is 11.1. The van der Waals surface area contributed by atoms with E-state index in [2.05, 4.69) is 5.32 Å². The summed E-state index contributed by atoms with van der Waals surface area (Å²) in [5.74, 6) is 0.531. The highest BCUT2D eigenvalue weighted by atomic mass is 16.5. The largest absolute Gasteiger partial charge is 0.497 e. The lowest BCUT2D eigenvalue weighted by Crippen LogP contribution is -2.34. The van der Waals surface area contributed by atoms with Gasteiger partial charge in [-0.05, 0) is 17.7 Å². The van der Waals surface area contributed by atoms with Gasteiger partial charge in [-0.25, -0.2) is 0 Å². The van der Waals surface area contributed by atoms with Crippen molar-refractivity contribution >= 4 is 5.91 Å². The number of hydrogen-bond donors (Lipinski definition) is 2. The van der Waals surface area contributed by atoms with Gasteiger partial charge < -0.3 is 15.2 Å². The molecule has 0 saturated carbocycles. The summed E-state index contributed by atoms with van der Waals surface area (Å²) in [4.78, 5) is 11.1. The van der Waals surface area contributed by atoms with E-state index < -0.39 is 6.23 Å². The van der Waals surface area contributed by atoms with Crippen molar-refractivity contribution in [3.63, 3.8) is 0 Å². The lowest BCUT2D eigenvalue weighted by molar-refractivity contribution is -0.124. The van der Waals surface area contributed by atoms with Crippen LogP contribution in [0.4, 0.5) is 0 Å². The van der Waals surface area contributed by atoms with Crippen molar-refractivity contribution < 1.29 is 14.6 Å². The second kappa shape index (κ2) is 3.31. The first kappa shape index (κ1) is 9.02. The third-order valence-electron chi connectivity index (χ3n) is 2.29. The summed E-state index contributed by atoms with van der Waals surface area (Å²) >= 11 is 0. The Morgan fingerprint density at radius 2 is 2.36 bits per heavy atom. The maximum Gasteiger partial charge on any atom is 0.226 e. The molecule has 74 valence electrons. The fraction of sp³-hybridized carbons (Fsp3) is 0.300. The van der Waals surface area contributed by atoms with Crippen molar-refractivity contribution in [1.82, 2.24) is 5.32 Å². The molecule has 1 amide bonds. The van der Waals surface area contributed by atoms with Gasteiger partial charge in [0, 0.05) is 5.56 Å². The third-order valence-corrected chi connectivity index (χ3v) is 2.29. The highest BCUT2D eigenvalue weighted by molar-refractivity contribution is 5.81. The van der Waals surface area contributed by atoms with E-state index in [9.17, 15) is 9.90 Å². The molecule has 4 nitrogen and oxygen atoms in total. The van der Waals surface area contributed by atoms with E-state index >= 15 is 0 Å². The van der Waals surface area contributed by atoms with Gasteiger partial charge in [-0.15, -0.1) is 0 Å². The Hall–Kier alpha value is -1.55. The Labute approximate surface area is 81.5 Å². The molecule has 4 heteroatoms. The average molecular weight is 193 g/mol. The van der Waals surface area contributed by atoms with Crippen LogP contribution >= 0.6 is 0 Å². The lowest BCUT2D eigenvalue weighted by Gasteiger charge is -2.22. The predicted octanol–water partition coefficient (Wildman–Crippen LogP) is 0.358. The second-order valence-electron chi connectivity index (χ2n) is 3.21. The minimum atomic E-state index is -0.892. The van der Waals surface area contributed by atoms with Gasteiger partial charge in [-0.3, -0.25) is 4.79 Å². The molecule has 0 bridgehead atoms. The zero-order chi connectivity index (χ0) is 10.1. The molecule has 1 aliphatic rings. The van der Waals surface area contributed by atoms with Gasteiger partial charge in [-0.2, -0.15) is 0 Å². The predicted molar refractivity (Wildman–Crippen MR) is 49.8 cm³/mol. The summed E-state index contributed by atoms with van der Waals surface area (Å²) in [5.41, 5.74) is 1.56. The number of benzene rings is 1. The van der Waals surface area contributed by atoms with Crippen molar-refractivity contribution in [3.8, 4) is 5.75 Å². The van der Waals surface area contributed by atoms with Gasteiger partial charge in [0.05, 0.1) is 13.5 Å². The van der Waals surface area contributed by atoms with Gasteiger partial charge in [-0.1, -0.05) is 6.07 Å². The summed E-state index contributed by atoms with van der Waals surface area (Å²) in [6.07, 6.45) is -0.596. The van der Waals surface area contributed by atoms with E-state index in [0.717, 1.165) is 11.1 Å². The fourth-order valence-corrected chi connectivity index (χ4v) is 1.58. The first-order valence-electron chi connectivity index (χ1n) is 4.35. The molecule has 0 radical (unpaired) electrons. The number of aliphatic hydroxyl groups is 1. The molecule has 0 spiro atoms. The van der Waals surface area contributed by atoms with Crippen molar-refractivity contribution in [2.45, 2.75) is 12.6 Å². The summed E-state index contributed by atoms with van der Waals surface area (Å²) in [7, 11) is 1.57.